The Hall–Kier alpha value is -3.02. The van der Waals surface area contributed by atoms with Gasteiger partial charge in [0.15, 0.2) is 6.73 Å². The number of rotatable bonds is 5. The fraction of sp³-hybridized carbons (Fsp3) is 0.176. The molecular weight excluding hydrogens is 294 g/mol. The van der Waals surface area contributed by atoms with E-state index >= 15 is 0 Å². The standard InChI is InChI=1S/C17H19N3O3/c1-2-12-7-3-6-10-15(12)23-11-19-17(22)20-16(21)13-8-4-5-9-14(13)18/h3-10H,2,11,18H2,1H3,(H2,19,20,21,22). The Kier molecular flexibility index (Phi) is 5.57. The van der Waals surface area contributed by atoms with Gasteiger partial charge in [0.1, 0.15) is 5.75 Å². The first-order valence-electron chi connectivity index (χ1n) is 7.26. The summed E-state index contributed by atoms with van der Waals surface area (Å²) in [6.45, 7) is 1.98. The summed E-state index contributed by atoms with van der Waals surface area (Å²) in [5.74, 6) is 0.142. The molecule has 3 amide bonds. The van der Waals surface area contributed by atoms with Gasteiger partial charge in [-0.1, -0.05) is 37.3 Å². The molecule has 0 aliphatic heterocycles. The molecule has 0 bridgehead atoms. The molecule has 0 fully saturated rings. The van der Waals surface area contributed by atoms with Crippen molar-refractivity contribution in [3.05, 3.63) is 59.7 Å². The molecule has 0 saturated heterocycles. The largest absolute Gasteiger partial charge is 0.473 e. The number of nitrogen functional groups attached to an aromatic ring is 1. The zero-order chi connectivity index (χ0) is 16.7. The molecule has 2 aromatic carbocycles. The summed E-state index contributed by atoms with van der Waals surface area (Å²) in [6, 6.07) is 13.5. The van der Waals surface area contributed by atoms with Gasteiger partial charge in [0.25, 0.3) is 5.91 Å². The van der Waals surface area contributed by atoms with Crippen LogP contribution in [0.15, 0.2) is 48.5 Å². The molecule has 2 aromatic rings. The van der Waals surface area contributed by atoms with Crippen LogP contribution in [0.25, 0.3) is 0 Å². The number of aryl methyl sites for hydroxylation is 1. The molecule has 0 heterocycles. The quantitative estimate of drug-likeness (QED) is 0.583. The number of nitrogens with one attached hydrogen (secondary N) is 2. The summed E-state index contributed by atoms with van der Waals surface area (Å²) in [6.07, 6.45) is 0.828. The zero-order valence-corrected chi connectivity index (χ0v) is 12.8. The van der Waals surface area contributed by atoms with Crippen LogP contribution in [0.4, 0.5) is 10.5 Å². The molecule has 0 aliphatic rings. The van der Waals surface area contributed by atoms with Gasteiger partial charge in [-0.25, -0.2) is 4.79 Å². The third kappa shape index (κ3) is 4.47. The Morgan fingerprint density at radius 3 is 2.52 bits per heavy atom. The molecule has 23 heavy (non-hydrogen) atoms. The average molecular weight is 313 g/mol. The Balaban J connectivity index is 1.84. The van der Waals surface area contributed by atoms with E-state index in [-0.39, 0.29) is 12.3 Å². The predicted molar refractivity (Wildman–Crippen MR) is 88.2 cm³/mol. The lowest BCUT2D eigenvalue weighted by atomic mass is 10.1. The van der Waals surface area contributed by atoms with E-state index in [4.69, 9.17) is 10.5 Å². The van der Waals surface area contributed by atoms with Crippen molar-refractivity contribution in [3.63, 3.8) is 0 Å². The number of nitrogens with two attached hydrogens (primary N) is 1. The van der Waals surface area contributed by atoms with Gasteiger partial charge in [0.2, 0.25) is 0 Å². The smallest absolute Gasteiger partial charge is 0.324 e. The Labute approximate surface area is 134 Å². The van der Waals surface area contributed by atoms with Crippen LogP contribution in [0.1, 0.15) is 22.8 Å². The van der Waals surface area contributed by atoms with E-state index in [0.717, 1.165) is 12.0 Å². The predicted octanol–water partition coefficient (Wildman–Crippen LogP) is 2.31. The second kappa shape index (κ2) is 7.84. The van der Waals surface area contributed by atoms with Crippen LogP contribution in [0.3, 0.4) is 0 Å². The highest BCUT2D eigenvalue weighted by molar-refractivity contribution is 6.07. The van der Waals surface area contributed by atoms with Crippen molar-refractivity contribution >= 4 is 17.6 Å². The van der Waals surface area contributed by atoms with Crippen LogP contribution in [-0.2, 0) is 6.42 Å². The van der Waals surface area contributed by atoms with Gasteiger partial charge in [0, 0.05) is 5.69 Å². The van der Waals surface area contributed by atoms with Crippen molar-refractivity contribution in [2.45, 2.75) is 13.3 Å². The maximum atomic E-state index is 11.9. The molecule has 6 nitrogen and oxygen atoms in total. The molecule has 0 aromatic heterocycles. The molecule has 0 saturated carbocycles. The van der Waals surface area contributed by atoms with Gasteiger partial charge < -0.3 is 15.8 Å². The SMILES string of the molecule is CCc1ccccc1OCNC(=O)NC(=O)c1ccccc1N. The molecule has 0 atom stereocenters. The number of benzene rings is 2. The minimum atomic E-state index is -0.646. The normalized spacial score (nSPS) is 9.96. The minimum Gasteiger partial charge on any atom is -0.473 e. The third-order valence-corrected chi connectivity index (χ3v) is 3.25. The van der Waals surface area contributed by atoms with E-state index in [0.29, 0.717) is 11.4 Å². The molecule has 2 rings (SSSR count). The van der Waals surface area contributed by atoms with E-state index < -0.39 is 11.9 Å². The molecular formula is C17H19N3O3. The van der Waals surface area contributed by atoms with Gasteiger partial charge in [-0.2, -0.15) is 0 Å². The second-order valence-corrected chi connectivity index (χ2v) is 4.80. The summed E-state index contributed by atoms with van der Waals surface area (Å²) in [5, 5.41) is 4.67. The molecule has 0 aliphatic carbocycles. The van der Waals surface area contributed by atoms with Crippen molar-refractivity contribution in [3.8, 4) is 5.75 Å². The molecule has 0 unspecified atom stereocenters. The lowest BCUT2D eigenvalue weighted by molar-refractivity contribution is 0.0963. The molecule has 4 N–H and O–H groups in total. The monoisotopic (exact) mass is 313 g/mol. The van der Waals surface area contributed by atoms with Crippen LogP contribution in [0.2, 0.25) is 0 Å². The van der Waals surface area contributed by atoms with Crippen molar-refractivity contribution in [1.82, 2.24) is 10.6 Å². The average Bonchev–Trinajstić information content (AvgIpc) is 2.55. The van der Waals surface area contributed by atoms with E-state index in [9.17, 15) is 9.59 Å². The molecule has 0 spiro atoms. The first-order valence-corrected chi connectivity index (χ1v) is 7.26. The number of carbonyl (C=O) groups is 2. The maximum Gasteiger partial charge on any atom is 0.324 e. The van der Waals surface area contributed by atoms with E-state index in [2.05, 4.69) is 10.6 Å². The van der Waals surface area contributed by atoms with Crippen molar-refractivity contribution < 1.29 is 14.3 Å². The molecule has 120 valence electrons. The third-order valence-electron chi connectivity index (χ3n) is 3.25. The fourth-order valence-electron chi connectivity index (χ4n) is 2.03. The van der Waals surface area contributed by atoms with E-state index in [1.807, 2.05) is 31.2 Å². The van der Waals surface area contributed by atoms with Gasteiger partial charge >= 0.3 is 6.03 Å². The first-order chi connectivity index (χ1) is 11.1. The number of carbonyl (C=O) groups excluding carboxylic acids is 2. The van der Waals surface area contributed by atoms with Crippen LogP contribution >= 0.6 is 0 Å². The van der Waals surface area contributed by atoms with Gasteiger partial charge in [0.05, 0.1) is 5.56 Å². The van der Waals surface area contributed by atoms with Gasteiger partial charge in [-0.3, -0.25) is 10.1 Å². The Bertz CT molecular complexity index is 701. The number of imide groups is 1. The summed E-state index contributed by atoms with van der Waals surface area (Å²) < 4.78 is 5.50. The lowest BCUT2D eigenvalue weighted by Gasteiger charge is -2.11. The molecule has 6 heteroatoms. The summed E-state index contributed by atoms with van der Waals surface area (Å²) in [7, 11) is 0. The topological polar surface area (TPSA) is 93.5 Å². The fourth-order valence-corrected chi connectivity index (χ4v) is 2.03. The summed E-state index contributed by atoms with van der Waals surface area (Å²) >= 11 is 0. The number of urea groups is 1. The van der Waals surface area contributed by atoms with Crippen LogP contribution in [0.5, 0.6) is 5.75 Å². The highest BCUT2D eigenvalue weighted by Crippen LogP contribution is 2.17. The Morgan fingerprint density at radius 1 is 1.09 bits per heavy atom. The second-order valence-electron chi connectivity index (χ2n) is 4.80. The van der Waals surface area contributed by atoms with E-state index in [1.165, 1.54) is 0 Å². The van der Waals surface area contributed by atoms with Gasteiger partial charge in [-0.15, -0.1) is 0 Å². The maximum absolute atomic E-state index is 11.9. The number of hydrogen-bond acceptors (Lipinski definition) is 4. The Morgan fingerprint density at radius 2 is 1.78 bits per heavy atom. The number of para-hydroxylation sites is 2. The van der Waals surface area contributed by atoms with Crippen LogP contribution in [-0.4, -0.2) is 18.7 Å². The van der Waals surface area contributed by atoms with Crippen LogP contribution in [0, 0.1) is 0 Å². The van der Waals surface area contributed by atoms with Crippen molar-refractivity contribution in [2.24, 2.45) is 0 Å². The highest BCUT2D eigenvalue weighted by atomic mass is 16.5. The van der Waals surface area contributed by atoms with Crippen molar-refractivity contribution in [2.75, 3.05) is 12.5 Å². The summed E-state index contributed by atoms with van der Waals surface area (Å²) in [5.41, 5.74) is 7.29. The number of hydrogen-bond donors (Lipinski definition) is 3. The number of amides is 3. The minimum absolute atomic E-state index is 0.0413. The number of anilines is 1. The van der Waals surface area contributed by atoms with Crippen LogP contribution < -0.4 is 21.1 Å². The van der Waals surface area contributed by atoms with Gasteiger partial charge in [-0.05, 0) is 30.2 Å². The first kappa shape index (κ1) is 16.4. The zero-order valence-electron chi connectivity index (χ0n) is 12.8. The lowest BCUT2D eigenvalue weighted by Crippen LogP contribution is -2.41. The number of ether oxygens (including phenoxy) is 1. The molecule has 0 radical (unpaired) electrons. The van der Waals surface area contributed by atoms with Crippen molar-refractivity contribution in [1.29, 1.82) is 0 Å². The highest BCUT2D eigenvalue weighted by Gasteiger charge is 2.12. The van der Waals surface area contributed by atoms with E-state index in [1.54, 1.807) is 24.3 Å². The summed E-state index contributed by atoms with van der Waals surface area (Å²) in [4.78, 5) is 23.6.